The number of hydrogen-bond donors (Lipinski definition) is 4. The van der Waals surface area contributed by atoms with Gasteiger partial charge < -0.3 is 20.6 Å². The maximum absolute atomic E-state index is 10.1. The van der Waals surface area contributed by atoms with Gasteiger partial charge in [0.05, 0.1) is 6.10 Å². The molecule has 0 heterocycles. The number of phenols is 2. The molecule has 0 aliphatic heterocycles. The fraction of sp³-hybridized carbons (Fsp3) is 0.333. The summed E-state index contributed by atoms with van der Waals surface area (Å²) in [6.07, 6.45) is 1.29. The summed E-state index contributed by atoms with van der Waals surface area (Å²) < 4.78 is 0. The summed E-state index contributed by atoms with van der Waals surface area (Å²) in [5, 5.41) is 31.9. The van der Waals surface area contributed by atoms with Crippen LogP contribution < -0.4 is 5.32 Å². The zero-order chi connectivity index (χ0) is 15.9. The Bertz CT molecular complexity index is 572. The van der Waals surface area contributed by atoms with Gasteiger partial charge in [-0.2, -0.15) is 0 Å². The summed E-state index contributed by atoms with van der Waals surface area (Å²) in [5.41, 5.74) is 1.97. The first-order valence-electron chi connectivity index (χ1n) is 7.53. The van der Waals surface area contributed by atoms with Gasteiger partial charge in [0.2, 0.25) is 0 Å². The van der Waals surface area contributed by atoms with Crippen molar-refractivity contribution in [3.8, 4) is 11.5 Å². The lowest BCUT2D eigenvalue weighted by atomic mass is 10.1. The molecule has 2 rings (SSSR count). The van der Waals surface area contributed by atoms with Crippen molar-refractivity contribution in [1.82, 2.24) is 5.32 Å². The van der Waals surface area contributed by atoms with Crippen LogP contribution in [0.5, 0.6) is 11.5 Å². The zero-order valence-electron chi connectivity index (χ0n) is 13.1. The molecular formula is C18H24BrNO3. The van der Waals surface area contributed by atoms with E-state index in [4.69, 9.17) is 0 Å². The largest absolute Gasteiger partial charge is 0.508 e. The van der Waals surface area contributed by atoms with E-state index in [0.717, 1.165) is 18.4 Å². The van der Waals surface area contributed by atoms with Crippen LogP contribution in [0.15, 0.2) is 48.5 Å². The second-order valence-corrected chi connectivity index (χ2v) is 5.62. The van der Waals surface area contributed by atoms with E-state index in [0.29, 0.717) is 6.54 Å². The van der Waals surface area contributed by atoms with E-state index in [1.807, 2.05) is 12.1 Å². The van der Waals surface area contributed by atoms with Crippen molar-refractivity contribution in [3.05, 3.63) is 59.7 Å². The molecule has 0 amide bonds. The minimum Gasteiger partial charge on any atom is -0.508 e. The van der Waals surface area contributed by atoms with Crippen LogP contribution in [0.25, 0.3) is 0 Å². The number of aliphatic hydroxyl groups excluding tert-OH is 1. The first-order valence-corrected chi connectivity index (χ1v) is 7.53. The van der Waals surface area contributed by atoms with Crippen molar-refractivity contribution in [1.29, 1.82) is 0 Å². The van der Waals surface area contributed by atoms with E-state index in [1.165, 1.54) is 5.56 Å². The van der Waals surface area contributed by atoms with Gasteiger partial charge in [-0.15, -0.1) is 17.0 Å². The first kappa shape index (κ1) is 19.5. The van der Waals surface area contributed by atoms with Crippen LogP contribution >= 0.6 is 17.0 Å². The third kappa shape index (κ3) is 6.60. The fourth-order valence-electron chi connectivity index (χ4n) is 2.27. The molecule has 23 heavy (non-hydrogen) atoms. The minimum atomic E-state index is -0.586. The zero-order valence-corrected chi connectivity index (χ0v) is 14.9. The third-order valence-corrected chi connectivity index (χ3v) is 3.74. The van der Waals surface area contributed by atoms with Crippen LogP contribution in [0, 0.1) is 0 Å². The molecule has 1 unspecified atom stereocenters. The van der Waals surface area contributed by atoms with Crippen LogP contribution in [-0.4, -0.2) is 27.9 Å². The molecule has 4 N–H and O–H groups in total. The standard InChI is InChI=1S/C18H23NO3.BrH/c1-13(2-3-14-4-8-16(20)9-5-14)19-12-18(22)15-6-10-17(21)11-7-15;/h4-11,13,18-22H,2-3,12H2,1H3;1H/t13-,18?;/m1./s1. The average molecular weight is 382 g/mol. The Morgan fingerprint density at radius 2 is 1.43 bits per heavy atom. The van der Waals surface area contributed by atoms with Gasteiger partial charge >= 0.3 is 0 Å². The summed E-state index contributed by atoms with van der Waals surface area (Å²) in [6, 6.07) is 14.1. The van der Waals surface area contributed by atoms with Crippen LogP contribution in [0.4, 0.5) is 0 Å². The highest BCUT2D eigenvalue weighted by Gasteiger charge is 2.09. The number of benzene rings is 2. The molecule has 0 fully saturated rings. The summed E-state index contributed by atoms with van der Waals surface area (Å²) >= 11 is 0. The molecule has 5 heteroatoms. The Morgan fingerprint density at radius 3 is 2.00 bits per heavy atom. The monoisotopic (exact) mass is 381 g/mol. The summed E-state index contributed by atoms with van der Waals surface area (Å²) in [7, 11) is 0. The highest BCUT2D eigenvalue weighted by molar-refractivity contribution is 8.93. The predicted octanol–water partition coefficient (Wildman–Crippen LogP) is 3.32. The quantitative estimate of drug-likeness (QED) is 0.593. The lowest BCUT2D eigenvalue weighted by Crippen LogP contribution is -2.30. The lowest BCUT2D eigenvalue weighted by Gasteiger charge is -2.17. The minimum absolute atomic E-state index is 0. The molecule has 2 aromatic rings. The molecule has 0 spiro atoms. The molecule has 4 nitrogen and oxygen atoms in total. The summed E-state index contributed by atoms with van der Waals surface area (Å²) in [5.74, 6) is 0.484. The Balaban J connectivity index is 0.00000264. The van der Waals surface area contributed by atoms with Crippen LogP contribution in [0.2, 0.25) is 0 Å². The van der Waals surface area contributed by atoms with Crippen molar-refractivity contribution in [2.45, 2.75) is 31.9 Å². The maximum Gasteiger partial charge on any atom is 0.115 e. The van der Waals surface area contributed by atoms with Gasteiger partial charge in [0, 0.05) is 12.6 Å². The molecular weight excluding hydrogens is 358 g/mol. The Kier molecular flexibility index (Phi) is 8.09. The van der Waals surface area contributed by atoms with E-state index in [-0.39, 0.29) is 34.5 Å². The van der Waals surface area contributed by atoms with E-state index in [2.05, 4.69) is 12.2 Å². The predicted molar refractivity (Wildman–Crippen MR) is 97.3 cm³/mol. The second-order valence-electron chi connectivity index (χ2n) is 5.62. The number of halogens is 1. The number of nitrogens with one attached hydrogen (secondary N) is 1. The molecule has 126 valence electrons. The normalized spacial score (nSPS) is 13.1. The topological polar surface area (TPSA) is 72.7 Å². The molecule has 0 saturated heterocycles. The summed E-state index contributed by atoms with van der Waals surface area (Å²) in [6.45, 7) is 2.56. The van der Waals surface area contributed by atoms with Crippen molar-refractivity contribution in [2.24, 2.45) is 0 Å². The number of rotatable bonds is 7. The molecule has 0 saturated carbocycles. The molecule has 0 radical (unpaired) electrons. The van der Waals surface area contributed by atoms with Gasteiger partial charge in [-0.25, -0.2) is 0 Å². The lowest BCUT2D eigenvalue weighted by molar-refractivity contribution is 0.170. The Hall–Kier alpha value is -1.56. The average Bonchev–Trinajstić information content (AvgIpc) is 2.52. The van der Waals surface area contributed by atoms with Crippen molar-refractivity contribution >= 4 is 17.0 Å². The van der Waals surface area contributed by atoms with Crippen molar-refractivity contribution in [2.75, 3.05) is 6.54 Å². The van der Waals surface area contributed by atoms with Gasteiger partial charge in [0.1, 0.15) is 11.5 Å². The molecule has 0 aromatic heterocycles. The van der Waals surface area contributed by atoms with Gasteiger partial charge in [0.25, 0.3) is 0 Å². The number of phenolic OH excluding ortho intramolecular Hbond substituents is 2. The molecule has 2 aromatic carbocycles. The van der Waals surface area contributed by atoms with Gasteiger partial charge in [-0.1, -0.05) is 24.3 Å². The highest BCUT2D eigenvalue weighted by Crippen LogP contribution is 2.16. The van der Waals surface area contributed by atoms with Crippen molar-refractivity contribution in [3.63, 3.8) is 0 Å². The molecule has 0 bridgehead atoms. The van der Waals surface area contributed by atoms with Gasteiger partial charge in [-0.05, 0) is 55.2 Å². The molecule has 2 atom stereocenters. The van der Waals surface area contributed by atoms with Gasteiger partial charge in [-0.3, -0.25) is 0 Å². The highest BCUT2D eigenvalue weighted by atomic mass is 79.9. The Morgan fingerprint density at radius 1 is 0.913 bits per heavy atom. The van der Waals surface area contributed by atoms with E-state index in [9.17, 15) is 15.3 Å². The number of aromatic hydroxyl groups is 2. The molecule has 0 aliphatic rings. The van der Waals surface area contributed by atoms with Crippen LogP contribution in [0.1, 0.15) is 30.6 Å². The smallest absolute Gasteiger partial charge is 0.115 e. The van der Waals surface area contributed by atoms with E-state index in [1.54, 1.807) is 36.4 Å². The van der Waals surface area contributed by atoms with E-state index >= 15 is 0 Å². The second kappa shape index (κ2) is 9.55. The van der Waals surface area contributed by atoms with Crippen molar-refractivity contribution < 1.29 is 15.3 Å². The summed E-state index contributed by atoms with van der Waals surface area (Å²) in [4.78, 5) is 0. The SMILES string of the molecule is Br.C[C@H](CCc1ccc(O)cc1)NCC(O)c1ccc(O)cc1. The molecule has 0 aliphatic carbocycles. The van der Waals surface area contributed by atoms with E-state index < -0.39 is 6.10 Å². The Labute approximate surface area is 147 Å². The van der Waals surface area contributed by atoms with Crippen LogP contribution in [0.3, 0.4) is 0 Å². The number of aliphatic hydroxyl groups is 1. The first-order chi connectivity index (χ1) is 10.5. The third-order valence-electron chi connectivity index (χ3n) is 3.74. The van der Waals surface area contributed by atoms with Gasteiger partial charge in [0.15, 0.2) is 0 Å². The number of hydrogen-bond acceptors (Lipinski definition) is 4. The number of aryl methyl sites for hydroxylation is 1. The fourth-order valence-corrected chi connectivity index (χ4v) is 2.27. The maximum atomic E-state index is 10.1. The van der Waals surface area contributed by atoms with Crippen LogP contribution in [-0.2, 0) is 6.42 Å².